The van der Waals surface area contributed by atoms with Crippen molar-refractivity contribution < 1.29 is 0 Å². The highest BCUT2D eigenvalue weighted by Crippen LogP contribution is 2.23. The third-order valence-electron chi connectivity index (χ3n) is 3.71. The minimum absolute atomic E-state index is 0.0108. The average Bonchev–Trinajstić information content (AvgIpc) is 2.45. The van der Waals surface area contributed by atoms with Crippen molar-refractivity contribution in [2.75, 3.05) is 17.7 Å². The van der Waals surface area contributed by atoms with E-state index in [2.05, 4.69) is 4.98 Å². The maximum atomic E-state index is 12.5. The zero-order valence-electron chi connectivity index (χ0n) is 12.9. The summed E-state index contributed by atoms with van der Waals surface area (Å²) in [5.41, 5.74) is 7.52. The molecule has 0 aliphatic carbocycles. The van der Waals surface area contributed by atoms with E-state index in [0.29, 0.717) is 11.5 Å². The van der Waals surface area contributed by atoms with E-state index in [4.69, 9.17) is 5.73 Å². The monoisotopic (exact) mass is 286 g/mol. The van der Waals surface area contributed by atoms with Crippen LogP contribution < -0.4 is 16.2 Å². The van der Waals surface area contributed by atoms with Gasteiger partial charge in [0.1, 0.15) is 0 Å². The van der Waals surface area contributed by atoms with Gasteiger partial charge in [0, 0.05) is 31.2 Å². The zero-order chi connectivity index (χ0) is 15.6. The van der Waals surface area contributed by atoms with Gasteiger partial charge in [-0.25, -0.2) is 4.98 Å². The Morgan fingerprint density at radius 1 is 1.29 bits per heavy atom. The van der Waals surface area contributed by atoms with Crippen LogP contribution in [0.2, 0.25) is 0 Å². The molecular formula is C16H22N4O. The van der Waals surface area contributed by atoms with Crippen molar-refractivity contribution in [3.05, 3.63) is 52.6 Å². The summed E-state index contributed by atoms with van der Waals surface area (Å²) in [6, 6.07) is 7.81. The van der Waals surface area contributed by atoms with Crippen molar-refractivity contribution in [2.45, 2.75) is 32.9 Å². The van der Waals surface area contributed by atoms with E-state index in [-0.39, 0.29) is 17.6 Å². The van der Waals surface area contributed by atoms with E-state index >= 15 is 0 Å². The maximum Gasteiger partial charge on any atom is 0.293 e. The third-order valence-corrected chi connectivity index (χ3v) is 3.71. The molecule has 21 heavy (non-hydrogen) atoms. The second-order valence-electron chi connectivity index (χ2n) is 5.51. The molecule has 0 fully saturated rings. The number of nitrogens with two attached hydrogens (primary N) is 1. The van der Waals surface area contributed by atoms with Crippen LogP contribution in [0.4, 0.5) is 11.5 Å². The summed E-state index contributed by atoms with van der Waals surface area (Å²) < 4.78 is 1.69. The molecule has 2 N–H and O–H groups in total. The summed E-state index contributed by atoms with van der Waals surface area (Å²) in [7, 11) is 1.88. The smallest absolute Gasteiger partial charge is 0.293 e. The minimum atomic E-state index is -0.0780. The lowest BCUT2D eigenvalue weighted by Crippen LogP contribution is -2.33. The molecule has 0 saturated heterocycles. The Morgan fingerprint density at radius 2 is 2.00 bits per heavy atom. The predicted molar refractivity (Wildman–Crippen MR) is 86.6 cm³/mol. The lowest BCUT2D eigenvalue weighted by molar-refractivity contribution is 0.569. The van der Waals surface area contributed by atoms with Gasteiger partial charge in [0.25, 0.3) is 5.56 Å². The number of anilines is 2. The van der Waals surface area contributed by atoms with Crippen molar-refractivity contribution in [3.8, 4) is 0 Å². The van der Waals surface area contributed by atoms with E-state index in [9.17, 15) is 4.79 Å². The Morgan fingerprint density at radius 3 is 2.62 bits per heavy atom. The van der Waals surface area contributed by atoms with Crippen LogP contribution >= 0.6 is 0 Å². The van der Waals surface area contributed by atoms with Gasteiger partial charge in [0.15, 0.2) is 5.82 Å². The quantitative estimate of drug-likeness (QED) is 0.877. The Kier molecular flexibility index (Phi) is 4.31. The van der Waals surface area contributed by atoms with Crippen LogP contribution in [0.1, 0.15) is 38.4 Å². The minimum Gasteiger partial charge on any atom is -0.399 e. The molecule has 0 spiro atoms. The van der Waals surface area contributed by atoms with E-state index in [1.807, 2.05) is 57.0 Å². The third kappa shape index (κ3) is 3.07. The van der Waals surface area contributed by atoms with Crippen molar-refractivity contribution in [3.63, 3.8) is 0 Å². The molecule has 0 amide bonds. The normalized spacial score (nSPS) is 12.4. The molecule has 0 radical (unpaired) electrons. The lowest BCUT2D eigenvalue weighted by Gasteiger charge is -2.26. The second kappa shape index (κ2) is 5.99. The molecule has 0 bridgehead atoms. The van der Waals surface area contributed by atoms with E-state index in [0.717, 1.165) is 5.56 Å². The van der Waals surface area contributed by atoms with Crippen LogP contribution in [0.5, 0.6) is 0 Å². The molecule has 1 heterocycles. The fourth-order valence-corrected chi connectivity index (χ4v) is 2.29. The summed E-state index contributed by atoms with van der Waals surface area (Å²) in [5, 5.41) is 0. The molecule has 0 aliphatic rings. The van der Waals surface area contributed by atoms with Gasteiger partial charge in [-0.3, -0.25) is 4.79 Å². The summed E-state index contributed by atoms with van der Waals surface area (Å²) in [5.74, 6) is 0.445. The Bertz CT molecular complexity index is 678. The summed E-state index contributed by atoms with van der Waals surface area (Å²) >= 11 is 0. The topological polar surface area (TPSA) is 64.2 Å². The van der Waals surface area contributed by atoms with Gasteiger partial charge in [-0.1, -0.05) is 12.1 Å². The number of nitrogens with zero attached hydrogens (tertiary/aromatic N) is 3. The van der Waals surface area contributed by atoms with E-state index < -0.39 is 0 Å². The van der Waals surface area contributed by atoms with Gasteiger partial charge in [0.05, 0.1) is 6.04 Å². The van der Waals surface area contributed by atoms with Crippen LogP contribution in [0.3, 0.4) is 0 Å². The molecule has 0 saturated carbocycles. The van der Waals surface area contributed by atoms with Crippen LogP contribution in [-0.4, -0.2) is 16.6 Å². The first-order valence-electron chi connectivity index (χ1n) is 7.07. The number of rotatable bonds is 4. The standard InChI is InChI=1S/C16H22N4O/c1-11(2)20-9-8-18-15(16(20)21)19(4)12(3)13-6-5-7-14(17)10-13/h5-12H,17H2,1-4H3. The number of nitrogen functional groups attached to an aromatic ring is 1. The van der Waals surface area contributed by atoms with Crippen LogP contribution in [0, 0.1) is 0 Å². The van der Waals surface area contributed by atoms with Crippen molar-refractivity contribution >= 4 is 11.5 Å². The first-order valence-corrected chi connectivity index (χ1v) is 7.07. The summed E-state index contributed by atoms with van der Waals surface area (Å²) in [6.07, 6.45) is 3.38. The average molecular weight is 286 g/mol. The molecule has 112 valence electrons. The maximum absolute atomic E-state index is 12.5. The number of hydrogen-bond acceptors (Lipinski definition) is 4. The number of benzene rings is 1. The first kappa shape index (κ1) is 15.1. The van der Waals surface area contributed by atoms with E-state index in [1.165, 1.54) is 0 Å². The van der Waals surface area contributed by atoms with Gasteiger partial charge in [-0.05, 0) is 38.5 Å². The predicted octanol–water partition coefficient (Wildman–Crippen LogP) is 2.60. The molecule has 1 aromatic carbocycles. The zero-order valence-corrected chi connectivity index (χ0v) is 12.9. The van der Waals surface area contributed by atoms with Gasteiger partial charge in [-0.15, -0.1) is 0 Å². The molecule has 1 aromatic heterocycles. The molecular weight excluding hydrogens is 264 g/mol. The molecule has 5 nitrogen and oxygen atoms in total. The molecule has 2 aromatic rings. The van der Waals surface area contributed by atoms with Crippen molar-refractivity contribution in [1.29, 1.82) is 0 Å². The molecule has 2 rings (SSSR count). The van der Waals surface area contributed by atoms with Crippen molar-refractivity contribution in [2.24, 2.45) is 0 Å². The molecule has 1 unspecified atom stereocenters. The highest BCUT2D eigenvalue weighted by molar-refractivity contribution is 5.45. The van der Waals surface area contributed by atoms with E-state index in [1.54, 1.807) is 17.0 Å². The summed E-state index contributed by atoms with van der Waals surface area (Å²) in [6.45, 7) is 5.99. The van der Waals surface area contributed by atoms with Gasteiger partial charge in [-0.2, -0.15) is 0 Å². The molecule has 5 heteroatoms. The molecule has 0 aliphatic heterocycles. The second-order valence-corrected chi connectivity index (χ2v) is 5.51. The Labute approximate surface area is 125 Å². The van der Waals surface area contributed by atoms with Crippen LogP contribution in [0.25, 0.3) is 0 Å². The van der Waals surface area contributed by atoms with Crippen LogP contribution in [-0.2, 0) is 0 Å². The fourth-order valence-electron chi connectivity index (χ4n) is 2.29. The highest BCUT2D eigenvalue weighted by atomic mass is 16.1. The van der Waals surface area contributed by atoms with Gasteiger partial charge >= 0.3 is 0 Å². The van der Waals surface area contributed by atoms with Gasteiger partial charge in [0.2, 0.25) is 0 Å². The fraction of sp³-hybridized carbons (Fsp3) is 0.375. The van der Waals surface area contributed by atoms with Gasteiger partial charge < -0.3 is 15.2 Å². The first-order chi connectivity index (χ1) is 9.91. The van der Waals surface area contributed by atoms with Crippen LogP contribution in [0.15, 0.2) is 41.5 Å². The lowest BCUT2D eigenvalue weighted by atomic mass is 10.1. The largest absolute Gasteiger partial charge is 0.399 e. The molecule has 1 atom stereocenters. The SMILES string of the molecule is CC(c1cccc(N)c1)N(C)c1nccn(C(C)C)c1=O. The number of hydrogen-bond donors (Lipinski definition) is 1. The van der Waals surface area contributed by atoms with Crippen molar-refractivity contribution in [1.82, 2.24) is 9.55 Å². The Balaban J connectivity index is 2.38. The highest BCUT2D eigenvalue weighted by Gasteiger charge is 2.18. The number of aromatic nitrogens is 2. The summed E-state index contributed by atoms with van der Waals surface area (Å²) in [4.78, 5) is 18.6. The Hall–Kier alpha value is -2.30.